The molecule has 0 fully saturated rings. The van der Waals surface area contributed by atoms with Gasteiger partial charge in [0.05, 0.1) is 0 Å². The molecule has 82 valence electrons. The van der Waals surface area contributed by atoms with Crippen LogP contribution in [0.2, 0.25) is 0 Å². The Balaban J connectivity index is 2.41. The molecule has 0 radical (unpaired) electrons. The van der Waals surface area contributed by atoms with E-state index in [1.165, 1.54) is 16.7 Å². The first-order chi connectivity index (χ1) is 7.77. The lowest BCUT2D eigenvalue weighted by molar-refractivity contribution is 0.403. The van der Waals surface area contributed by atoms with Gasteiger partial charge in [-0.1, -0.05) is 30.3 Å². The molecule has 0 unspecified atom stereocenters. The molecule has 0 saturated heterocycles. The zero-order chi connectivity index (χ0) is 11.4. The fourth-order valence-corrected chi connectivity index (χ4v) is 1.80. The van der Waals surface area contributed by atoms with Gasteiger partial charge >= 0.3 is 0 Å². The number of hydrogen-bond donors (Lipinski definition) is 0. The molecular weight excluding hydrogens is 196 g/mol. The standard InChI is InChI=1S/C14H16N2/c1-16(2)11-13-6-3-4-8-14(13)12-7-5-9-15-10-12/h3-10H,11H2,1-2H3. The highest BCUT2D eigenvalue weighted by Gasteiger charge is 2.04. The van der Waals surface area contributed by atoms with Crippen LogP contribution in [-0.4, -0.2) is 24.0 Å². The highest BCUT2D eigenvalue weighted by molar-refractivity contribution is 5.66. The fraction of sp³-hybridized carbons (Fsp3) is 0.214. The van der Waals surface area contributed by atoms with E-state index in [0.717, 1.165) is 6.54 Å². The number of nitrogens with zero attached hydrogens (tertiary/aromatic N) is 2. The Hall–Kier alpha value is -1.67. The Labute approximate surface area is 96.6 Å². The van der Waals surface area contributed by atoms with Crippen molar-refractivity contribution in [3.05, 3.63) is 54.4 Å². The van der Waals surface area contributed by atoms with E-state index < -0.39 is 0 Å². The molecule has 0 aliphatic carbocycles. The first-order valence-corrected chi connectivity index (χ1v) is 5.40. The molecule has 2 rings (SSSR count). The van der Waals surface area contributed by atoms with Crippen LogP contribution >= 0.6 is 0 Å². The highest BCUT2D eigenvalue weighted by atomic mass is 15.0. The Morgan fingerprint density at radius 2 is 1.88 bits per heavy atom. The van der Waals surface area contributed by atoms with Gasteiger partial charge in [-0.3, -0.25) is 4.98 Å². The Kier molecular flexibility index (Phi) is 3.32. The normalized spacial score (nSPS) is 10.7. The van der Waals surface area contributed by atoms with Gasteiger partial charge in [0.25, 0.3) is 0 Å². The van der Waals surface area contributed by atoms with Crippen molar-refractivity contribution in [1.29, 1.82) is 0 Å². The molecule has 0 bridgehead atoms. The minimum absolute atomic E-state index is 0.949. The molecule has 0 saturated carbocycles. The van der Waals surface area contributed by atoms with Crippen LogP contribution in [0.1, 0.15) is 5.56 Å². The molecule has 0 aliphatic rings. The lowest BCUT2D eigenvalue weighted by atomic mass is 10.0. The third-order valence-corrected chi connectivity index (χ3v) is 2.48. The summed E-state index contributed by atoms with van der Waals surface area (Å²) in [6.45, 7) is 0.949. The second kappa shape index (κ2) is 4.90. The average Bonchev–Trinajstić information content (AvgIpc) is 2.30. The maximum absolute atomic E-state index is 4.17. The van der Waals surface area contributed by atoms with Crippen molar-refractivity contribution in [2.24, 2.45) is 0 Å². The minimum atomic E-state index is 0.949. The highest BCUT2D eigenvalue weighted by Crippen LogP contribution is 2.23. The smallest absolute Gasteiger partial charge is 0.0346 e. The SMILES string of the molecule is CN(C)Cc1ccccc1-c1cccnc1. The summed E-state index contributed by atoms with van der Waals surface area (Å²) in [5, 5.41) is 0. The van der Waals surface area contributed by atoms with Gasteiger partial charge in [0, 0.05) is 24.5 Å². The molecular formula is C14H16N2. The topological polar surface area (TPSA) is 16.1 Å². The summed E-state index contributed by atoms with van der Waals surface area (Å²) in [6, 6.07) is 12.5. The lowest BCUT2D eigenvalue weighted by Crippen LogP contribution is -2.11. The number of benzene rings is 1. The first kappa shape index (κ1) is 10.8. The van der Waals surface area contributed by atoms with Crippen molar-refractivity contribution >= 4 is 0 Å². The minimum Gasteiger partial charge on any atom is -0.305 e. The third-order valence-electron chi connectivity index (χ3n) is 2.48. The van der Waals surface area contributed by atoms with E-state index in [9.17, 15) is 0 Å². The van der Waals surface area contributed by atoms with E-state index in [4.69, 9.17) is 0 Å². The van der Waals surface area contributed by atoms with Crippen molar-refractivity contribution in [2.45, 2.75) is 6.54 Å². The number of aromatic nitrogens is 1. The van der Waals surface area contributed by atoms with E-state index in [2.05, 4.69) is 54.3 Å². The number of hydrogen-bond acceptors (Lipinski definition) is 2. The fourth-order valence-electron chi connectivity index (χ4n) is 1.80. The van der Waals surface area contributed by atoms with E-state index in [0.29, 0.717) is 0 Å². The first-order valence-electron chi connectivity index (χ1n) is 5.40. The van der Waals surface area contributed by atoms with Gasteiger partial charge < -0.3 is 4.90 Å². The van der Waals surface area contributed by atoms with E-state index in [1.54, 1.807) is 6.20 Å². The lowest BCUT2D eigenvalue weighted by Gasteiger charge is -2.13. The van der Waals surface area contributed by atoms with Gasteiger partial charge in [-0.25, -0.2) is 0 Å². The van der Waals surface area contributed by atoms with Crippen LogP contribution in [0.5, 0.6) is 0 Å². The average molecular weight is 212 g/mol. The monoisotopic (exact) mass is 212 g/mol. The Morgan fingerprint density at radius 1 is 1.06 bits per heavy atom. The second-order valence-corrected chi connectivity index (χ2v) is 4.14. The van der Waals surface area contributed by atoms with Crippen molar-refractivity contribution in [1.82, 2.24) is 9.88 Å². The van der Waals surface area contributed by atoms with Crippen molar-refractivity contribution < 1.29 is 0 Å². The van der Waals surface area contributed by atoms with Gasteiger partial charge in [0.1, 0.15) is 0 Å². The van der Waals surface area contributed by atoms with Crippen molar-refractivity contribution in [2.75, 3.05) is 14.1 Å². The van der Waals surface area contributed by atoms with E-state index >= 15 is 0 Å². The molecule has 0 N–H and O–H groups in total. The van der Waals surface area contributed by atoms with E-state index in [1.807, 2.05) is 12.3 Å². The van der Waals surface area contributed by atoms with Gasteiger partial charge in [0.2, 0.25) is 0 Å². The van der Waals surface area contributed by atoms with Crippen LogP contribution in [-0.2, 0) is 6.54 Å². The van der Waals surface area contributed by atoms with Crippen LogP contribution in [0.3, 0.4) is 0 Å². The summed E-state index contributed by atoms with van der Waals surface area (Å²) in [5.74, 6) is 0. The number of pyridine rings is 1. The molecule has 2 nitrogen and oxygen atoms in total. The molecule has 16 heavy (non-hydrogen) atoms. The molecule has 0 amide bonds. The second-order valence-electron chi connectivity index (χ2n) is 4.14. The van der Waals surface area contributed by atoms with Gasteiger partial charge in [-0.2, -0.15) is 0 Å². The molecule has 0 spiro atoms. The molecule has 0 aliphatic heterocycles. The van der Waals surface area contributed by atoms with Crippen LogP contribution in [0.15, 0.2) is 48.8 Å². The molecule has 2 heteroatoms. The summed E-state index contributed by atoms with van der Waals surface area (Å²) in [6.07, 6.45) is 3.71. The summed E-state index contributed by atoms with van der Waals surface area (Å²) in [4.78, 5) is 6.34. The quantitative estimate of drug-likeness (QED) is 0.777. The summed E-state index contributed by atoms with van der Waals surface area (Å²) in [7, 11) is 4.17. The zero-order valence-electron chi connectivity index (χ0n) is 9.72. The van der Waals surface area contributed by atoms with Crippen LogP contribution in [0.4, 0.5) is 0 Å². The molecule has 2 aromatic rings. The van der Waals surface area contributed by atoms with Crippen molar-refractivity contribution in [3.63, 3.8) is 0 Å². The molecule has 1 aromatic carbocycles. The molecule has 1 aromatic heterocycles. The maximum Gasteiger partial charge on any atom is 0.0346 e. The van der Waals surface area contributed by atoms with Crippen LogP contribution in [0.25, 0.3) is 11.1 Å². The summed E-state index contributed by atoms with van der Waals surface area (Å²) in [5.41, 5.74) is 3.78. The van der Waals surface area contributed by atoms with Gasteiger partial charge in [-0.15, -0.1) is 0 Å². The Morgan fingerprint density at radius 3 is 2.56 bits per heavy atom. The molecule has 0 atom stereocenters. The summed E-state index contributed by atoms with van der Waals surface area (Å²) < 4.78 is 0. The van der Waals surface area contributed by atoms with Gasteiger partial charge in [-0.05, 0) is 31.3 Å². The zero-order valence-corrected chi connectivity index (χ0v) is 9.72. The molecule has 1 heterocycles. The van der Waals surface area contributed by atoms with Crippen LogP contribution < -0.4 is 0 Å². The largest absolute Gasteiger partial charge is 0.305 e. The van der Waals surface area contributed by atoms with Crippen molar-refractivity contribution in [3.8, 4) is 11.1 Å². The predicted molar refractivity (Wildman–Crippen MR) is 67.1 cm³/mol. The van der Waals surface area contributed by atoms with Crippen LogP contribution in [0, 0.1) is 0 Å². The Bertz CT molecular complexity index is 449. The maximum atomic E-state index is 4.17. The summed E-state index contributed by atoms with van der Waals surface area (Å²) >= 11 is 0. The third kappa shape index (κ3) is 2.47. The van der Waals surface area contributed by atoms with Gasteiger partial charge in [0.15, 0.2) is 0 Å². The predicted octanol–water partition coefficient (Wildman–Crippen LogP) is 2.81. The van der Waals surface area contributed by atoms with E-state index in [-0.39, 0.29) is 0 Å². The number of rotatable bonds is 3.